The molecule has 2 saturated heterocycles. The van der Waals surface area contributed by atoms with Crippen molar-refractivity contribution in [3.8, 4) is 0 Å². The van der Waals surface area contributed by atoms with Crippen molar-refractivity contribution in [2.24, 2.45) is 5.92 Å². The molecule has 0 bridgehead atoms. The molecular weight excluding hydrogens is 443 g/mol. The Morgan fingerprint density at radius 1 is 1.06 bits per heavy atom. The highest BCUT2D eigenvalue weighted by molar-refractivity contribution is 5.82. The Labute approximate surface area is 207 Å². The van der Waals surface area contributed by atoms with E-state index in [0.717, 1.165) is 25.2 Å². The van der Waals surface area contributed by atoms with Gasteiger partial charge in [-0.2, -0.15) is 5.10 Å². The van der Waals surface area contributed by atoms with E-state index in [1.54, 1.807) is 0 Å². The lowest BCUT2D eigenvalue weighted by atomic mass is 9.88. The number of carbonyl (C=O) groups is 1. The van der Waals surface area contributed by atoms with E-state index < -0.39 is 6.17 Å². The number of nitrogens with zero attached hydrogens (tertiary/aromatic N) is 6. The van der Waals surface area contributed by atoms with E-state index in [1.807, 2.05) is 15.6 Å². The molecule has 2 aliphatic carbocycles. The van der Waals surface area contributed by atoms with Crippen molar-refractivity contribution < 1.29 is 9.18 Å². The maximum absolute atomic E-state index is 13.3. The standard InChI is InChI=1S/C27H37FN6O/c1-2-30-9-11-31(12-10-30)22-5-3-20(4-6-22)21-17-26-25(7-8-29-34(26)19-21)32-13-15-33(16-14-32)27(35)23-18-24(23)28/h3,5,7-8,17,19-20,22-24H,2,4,6,9-16,18H2,1H3/t20?,22?,23-,24+/m0/s1. The van der Waals surface area contributed by atoms with Crippen LogP contribution in [0, 0.1) is 5.92 Å². The predicted octanol–water partition coefficient (Wildman–Crippen LogP) is 2.78. The van der Waals surface area contributed by atoms with E-state index in [-0.39, 0.29) is 11.8 Å². The molecule has 2 aliphatic heterocycles. The largest absolute Gasteiger partial charge is 0.366 e. The minimum Gasteiger partial charge on any atom is -0.366 e. The van der Waals surface area contributed by atoms with Crippen molar-refractivity contribution in [2.45, 2.75) is 44.3 Å². The summed E-state index contributed by atoms with van der Waals surface area (Å²) in [5, 5.41) is 4.59. The van der Waals surface area contributed by atoms with Crippen molar-refractivity contribution in [3.63, 3.8) is 0 Å². The van der Waals surface area contributed by atoms with Gasteiger partial charge in [0, 0.05) is 76.7 Å². The van der Waals surface area contributed by atoms with Crippen molar-refractivity contribution in [1.82, 2.24) is 24.3 Å². The number of piperazine rings is 2. The monoisotopic (exact) mass is 480 g/mol. The van der Waals surface area contributed by atoms with Crippen LogP contribution in [0.5, 0.6) is 0 Å². The molecule has 7 nitrogen and oxygen atoms in total. The van der Waals surface area contributed by atoms with Gasteiger partial charge in [0.1, 0.15) is 6.17 Å². The van der Waals surface area contributed by atoms with Crippen LogP contribution in [0.25, 0.3) is 5.52 Å². The van der Waals surface area contributed by atoms with Crippen LogP contribution in [0.3, 0.4) is 0 Å². The molecule has 4 atom stereocenters. The average Bonchev–Trinajstić information content (AvgIpc) is 3.48. The lowest BCUT2D eigenvalue weighted by molar-refractivity contribution is -0.133. The highest BCUT2D eigenvalue weighted by atomic mass is 19.1. The van der Waals surface area contributed by atoms with Crippen LogP contribution in [-0.4, -0.2) is 101 Å². The van der Waals surface area contributed by atoms with E-state index in [4.69, 9.17) is 0 Å². The Balaban J connectivity index is 1.12. The first-order valence-corrected chi connectivity index (χ1v) is 13.4. The summed E-state index contributed by atoms with van der Waals surface area (Å²) in [6.45, 7) is 11.0. The second kappa shape index (κ2) is 9.54. The number of hydrogen-bond acceptors (Lipinski definition) is 5. The molecule has 4 aliphatic rings. The molecule has 0 radical (unpaired) electrons. The lowest BCUT2D eigenvalue weighted by Crippen LogP contribution is -2.50. The van der Waals surface area contributed by atoms with E-state index in [2.05, 4.69) is 57.2 Å². The number of likely N-dealkylation sites (N-methyl/N-ethyl adjacent to an activating group) is 1. The summed E-state index contributed by atoms with van der Waals surface area (Å²) in [7, 11) is 0. The molecule has 0 N–H and O–H groups in total. The van der Waals surface area contributed by atoms with Gasteiger partial charge in [-0.05, 0) is 43.5 Å². The Kier molecular flexibility index (Phi) is 6.26. The SMILES string of the molecule is CCN1CCN(C2C=CC(c3cc4c(N5CCN(C(=O)[C@H]6C[C@H]6F)CC5)ccnn4c3)CC2)CC1. The zero-order chi connectivity index (χ0) is 23.9. The van der Waals surface area contributed by atoms with Gasteiger partial charge in [0.25, 0.3) is 0 Å². The third-order valence-corrected chi connectivity index (χ3v) is 8.56. The zero-order valence-corrected chi connectivity index (χ0v) is 20.7. The van der Waals surface area contributed by atoms with E-state index in [1.165, 1.54) is 50.3 Å². The molecule has 3 fully saturated rings. The fourth-order valence-corrected chi connectivity index (χ4v) is 6.11. The van der Waals surface area contributed by atoms with Crippen LogP contribution in [0.2, 0.25) is 0 Å². The van der Waals surface area contributed by atoms with Crippen LogP contribution >= 0.6 is 0 Å². The smallest absolute Gasteiger partial charge is 0.228 e. The zero-order valence-electron chi connectivity index (χ0n) is 20.7. The number of hydrogen-bond donors (Lipinski definition) is 0. The van der Waals surface area contributed by atoms with Crippen molar-refractivity contribution >= 4 is 17.1 Å². The van der Waals surface area contributed by atoms with Gasteiger partial charge in [0.2, 0.25) is 5.91 Å². The fourth-order valence-electron chi connectivity index (χ4n) is 6.11. The van der Waals surface area contributed by atoms with Gasteiger partial charge in [0.05, 0.1) is 17.1 Å². The van der Waals surface area contributed by atoms with E-state index in [0.29, 0.717) is 31.5 Å². The first-order valence-electron chi connectivity index (χ1n) is 13.4. The number of fused-ring (bicyclic) bond motifs is 1. The van der Waals surface area contributed by atoms with Crippen molar-refractivity contribution in [2.75, 3.05) is 63.8 Å². The Hall–Kier alpha value is -2.45. The molecule has 188 valence electrons. The third-order valence-electron chi connectivity index (χ3n) is 8.56. The Morgan fingerprint density at radius 2 is 1.83 bits per heavy atom. The number of allylic oxidation sites excluding steroid dienone is 1. The quantitative estimate of drug-likeness (QED) is 0.616. The summed E-state index contributed by atoms with van der Waals surface area (Å²) in [4.78, 5) is 21.8. The summed E-state index contributed by atoms with van der Waals surface area (Å²) in [5.74, 6) is 0.0440. The predicted molar refractivity (Wildman–Crippen MR) is 136 cm³/mol. The topological polar surface area (TPSA) is 47.3 Å². The summed E-state index contributed by atoms with van der Waals surface area (Å²) < 4.78 is 15.3. The first-order chi connectivity index (χ1) is 17.1. The van der Waals surface area contributed by atoms with Gasteiger partial charge in [-0.15, -0.1) is 0 Å². The van der Waals surface area contributed by atoms with Crippen molar-refractivity contribution in [3.05, 3.63) is 42.2 Å². The van der Waals surface area contributed by atoms with Crippen LogP contribution in [0.15, 0.2) is 36.7 Å². The maximum atomic E-state index is 13.3. The van der Waals surface area contributed by atoms with E-state index >= 15 is 0 Å². The van der Waals surface area contributed by atoms with Crippen LogP contribution in [0.4, 0.5) is 10.1 Å². The molecule has 35 heavy (non-hydrogen) atoms. The Bertz CT molecular complexity index is 1080. The molecule has 1 amide bonds. The minimum atomic E-state index is -0.921. The number of rotatable bonds is 5. The molecule has 2 aromatic rings. The lowest BCUT2D eigenvalue weighted by Gasteiger charge is -2.39. The molecule has 2 unspecified atom stereocenters. The number of alkyl halides is 1. The second-order valence-electron chi connectivity index (χ2n) is 10.6. The van der Waals surface area contributed by atoms with Gasteiger partial charge in [-0.3, -0.25) is 9.69 Å². The van der Waals surface area contributed by atoms with Gasteiger partial charge < -0.3 is 14.7 Å². The van der Waals surface area contributed by atoms with Crippen molar-refractivity contribution in [1.29, 1.82) is 0 Å². The van der Waals surface area contributed by atoms with Crippen LogP contribution in [-0.2, 0) is 4.79 Å². The van der Waals surface area contributed by atoms with Gasteiger partial charge in [0.15, 0.2) is 0 Å². The first kappa shape index (κ1) is 23.0. The number of amides is 1. The minimum absolute atomic E-state index is 0.00312. The summed E-state index contributed by atoms with van der Waals surface area (Å²) in [5.41, 5.74) is 3.62. The third kappa shape index (κ3) is 4.58. The Morgan fingerprint density at radius 3 is 2.49 bits per heavy atom. The second-order valence-corrected chi connectivity index (χ2v) is 10.6. The fraction of sp³-hybridized carbons (Fsp3) is 0.630. The number of aromatic nitrogens is 2. The average molecular weight is 481 g/mol. The maximum Gasteiger partial charge on any atom is 0.228 e. The number of carbonyl (C=O) groups excluding carboxylic acids is 1. The van der Waals surface area contributed by atoms with Gasteiger partial charge in [-0.1, -0.05) is 19.1 Å². The normalized spacial score (nSPS) is 30.2. The molecule has 2 aromatic heterocycles. The molecule has 8 heteroatoms. The number of anilines is 1. The van der Waals surface area contributed by atoms with Crippen LogP contribution < -0.4 is 4.90 Å². The molecule has 0 aromatic carbocycles. The summed E-state index contributed by atoms with van der Waals surface area (Å²) in [6, 6.07) is 4.95. The molecule has 0 spiro atoms. The van der Waals surface area contributed by atoms with E-state index in [9.17, 15) is 9.18 Å². The number of halogens is 1. The van der Waals surface area contributed by atoms with Gasteiger partial charge in [-0.25, -0.2) is 8.91 Å². The molecule has 6 rings (SSSR count). The highest BCUT2D eigenvalue weighted by Gasteiger charge is 2.46. The molecular formula is C27H37FN6O. The molecule has 1 saturated carbocycles. The van der Waals surface area contributed by atoms with Gasteiger partial charge >= 0.3 is 0 Å². The summed E-state index contributed by atoms with van der Waals surface area (Å²) in [6.07, 6.45) is 10.7. The van der Waals surface area contributed by atoms with Crippen LogP contribution in [0.1, 0.15) is 37.7 Å². The summed E-state index contributed by atoms with van der Waals surface area (Å²) >= 11 is 0. The molecule has 4 heterocycles. The highest BCUT2D eigenvalue weighted by Crippen LogP contribution is 2.36.